The van der Waals surface area contributed by atoms with Gasteiger partial charge < -0.3 is 10.1 Å². The lowest BCUT2D eigenvalue weighted by molar-refractivity contribution is -0.141. The van der Waals surface area contributed by atoms with Crippen molar-refractivity contribution >= 4 is 23.5 Å². The van der Waals surface area contributed by atoms with Crippen LogP contribution in [0.25, 0.3) is 0 Å². The third-order valence-corrected chi connectivity index (χ3v) is 5.31. The van der Waals surface area contributed by atoms with Crippen LogP contribution in [0.4, 0.5) is 4.39 Å². The fraction of sp³-hybridized carbons (Fsp3) is 0.261. The molecule has 1 amide bonds. The fourth-order valence-corrected chi connectivity index (χ4v) is 3.53. The van der Waals surface area contributed by atoms with E-state index in [1.54, 1.807) is 11.6 Å². The number of ether oxygens (including phenoxy) is 1. The standard InChI is InChI=1S/C23H23ClFN3O3/c1-14-4-6-16(7-5-14)13-28-22(24)21(15(2)27-28)23(30)26-19(12-20(29)31-3)17-8-10-18(25)11-9-17/h4-11,19H,12-13H2,1-3H3,(H,26,30)/t19-/m1/s1. The smallest absolute Gasteiger partial charge is 0.307 e. The minimum absolute atomic E-state index is 0.109. The van der Waals surface area contributed by atoms with Crippen molar-refractivity contribution < 1.29 is 18.7 Å². The summed E-state index contributed by atoms with van der Waals surface area (Å²) in [6, 6.07) is 12.8. The molecule has 0 aliphatic carbocycles. The minimum Gasteiger partial charge on any atom is -0.469 e. The van der Waals surface area contributed by atoms with E-state index in [2.05, 4.69) is 10.4 Å². The molecule has 0 fully saturated rings. The van der Waals surface area contributed by atoms with Crippen molar-refractivity contribution in [2.75, 3.05) is 7.11 Å². The van der Waals surface area contributed by atoms with Gasteiger partial charge >= 0.3 is 5.97 Å². The Labute approximate surface area is 185 Å². The Hall–Kier alpha value is -3.19. The topological polar surface area (TPSA) is 73.2 Å². The van der Waals surface area contributed by atoms with Gasteiger partial charge in [-0.1, -0.05) is 53.6 Å². The molecular weight excluding hydrogens is 421 g/mol. The molecule has 2 aromatic carbocycles. The maximum atomic E-state index is 13.3. The van der Waals surface area contributed by atoms with Gasteiger partial charge in [0.2, 0.25) is 0 Å². The van der Waals surface area contributed by atoms with Gasteiger partial charge in [0.1, 0.15) is 11.0 Å². The first kappa shape index (κ1) is 22.5. The molecule has 1 atom stereocenters. The Morgan fingerprint density at radius 3 is 2.39 bits per heavy atom. The van der Waals surface area contributed by atoms with Crippen molar-refractivity contribution in [3.63, 3.8) is 0 Å². The van der Waals surface area contributed by atoms with E-state index in [9.17, 15) is 14.0 Å². The number of carbonyl (C=O) groups excluding carboxylic acids is 2. The molecule has 0 unspecified atom stereocenters. The van der Waals surface area contributed by atoms with Gasteiger partial charge in [0.25, 0.3) is 5.91 Å². The normalized spacial score (nSPS) is 11.8. The number of nitrogens with zero attached hydrogens (tertiary/aromatic N) is 2. The van der Waals surface area contributed by atoms with Crippen molar-refractivity contribution in [2.24, 2.45) is 0 Å². The Morgan fingerprint density at radius 1 is 1.13 bits per heavy atom. The molecule has 6 nitrogen and oxygen atoms in total. The Kier molecular flexibility index (Phi) is 7.07. The predicted molar refractivity (Wildman–Crippen MR) is 115 cm³/mol. The summed E-state index contributed by atoms with van der Waals surface area (Å²) >= 11 is 6.49. The average Bonchev–Trinajstić information content (AvgIpc) is 3.02. The number of methoxy groups -OCH3 is 1. The van der Waals surface area contributed by atoms with Crippen molar-refractivity contribution in [2.45, 2.75) is 32.9 Å². The third kappa shape index (κ3) is 5.49. The third-order valence-electron chi connectivity index (χ3n) is 4.92. The minimum atomic E-state index is -0.712. The number of amides is 1. The molecule has 0 spiro atoms. The van der Waals surface area contributed by atoms with Gasteiger partial charge in [-0.05, 0) is 37.1 Å². The molecule has 1 heterocycles. The molecule has 3 aromatic rings. The van der Waals surface area contributed by atoms with E-state index in [4.69, 9.17) is 16.3 Å². The van der Waals surface area contributed by atoms with Crippen LogP contribution in [-0.2, 0) is 16.1 Å². The summed E-state index contributed by atoms with van der Waals surface area (Å²) in [4.78, 5) is 24.9. The second kappa shape index (κ2) is 9.75. The average molecular weight is 444 g/mol. The molecule has 1 aromatic heterocycles. The van der Waals surface area contributed by atoms with Gasteiger partial charge in [-0.3, -0.25) is 9.59 Å². The summed E-state index contributed by atoms with van der Waals surface area (Å²) in [6.45, 7) is 4.11. The highest BCUT2D eigenvalue weighted by atomic mass is 35.5. The zero-order valence-corrected chi connectivity index (χ0v) is 18.2. The molecule has 3 rings (SSSR count). The van der Waals surface area contributed by atoms with Crippen LogP contribution in [0.3, 0.4) is 0 Å². The highest BCUT2D eigenvalue weighted by Gasteiger charge is 2.25. The molecule has 0 bridgehead atoms. The zero-order valence-electron chi connectivity index (χ0n) is 17.5. The van der Waals surface area contributed by atoms with Crippen LogP contribution in [0.1, 0.15) is 45.2 Å². The molecule has 0 radical (unpaired) electrons. The van der Waals surface area contributed by atoms with Crippen molar-refractivity contribution in [3.05, 3.63) is 87.4 Å². The van der Waals surface area contributed by atoms with Crippen molar-refractivity contribution in [3.8, 4) is 0 Å². The summed E-state index contributed by atoms with van der Waals surface area (Å²) in [5.74, 6) is -1.40. The first-order chi connectivity index (χ1) is 14.8. The lowest BCUT2D eigenvalue weighted by atomic mass is 10.0. The van der Waals surface area contributed by atoms with Crippen LogP contribution in [0.15, 0.2) is 48.5 Å². The van der Waals surface area contributed by atoms with Crippen LogP contribution < -0.4 is 5.32 Å². The second-order valence-electron chi connectivity index (χ2n) is 7.25. The fourth-order valence-electron chi connectivity index (χ4n) is 3.21. The van der Waals surface area contributed by atoms with E-state index in [1.807, 2.05) is 31.2 Å². The monoisotopic (exact) mass is 443 g/mol. The van der Waals surface area contributed by atoms with E-state index in [0.29, 0.717) is 17.8 Å². The summed E-state index contributed by atoms with van der Waals surface area (Å²) in [7, 11) is 1.27. The van der Waals surface area contributed by atoms with Crippen molar-refractivity contribution in [1.29, 1.82) is 0 Å². The summed E-state index contributed by atoms with van der Waals surface area (Å²) in [6.07, 6.45) is -0.109. The second-order valence-corrected chi connectivity index (χ2v) is 7.61. The first-order valence-electron chi connectivity index (χ1n) is 9.70. The molecule has 0 aliphatic rings. The van der Waals surface area contributed by atoms with Crippen LogP contribution in [-0.4, -0.2) is 28.8 Å². The van der Waals surface area contributed by atoms with Crippen molar-refractivity contribution in [1.82, 2.24) is 15.1 Å². The number of esters is 1. The Bertz CT molecular complexity index is 1080. The van der Waals surface area contributed by atoms with Gasteiger partial charge in [0.15, 0.2) is 0 Å². The zero-order chi connectivity index (χ0) is 22.5. The Balaban J connectivity index is 1.84. The highest BCUT2D eigenvalue weighted by molar-refractivity contribution is 6.33. The number of hydrogen-bond donors (Lipinski definition) is 1. The summed E-state index contributed by atoms with van der Waals surface area (Å²) in [5, 5.41) is 7.40. The molecule has 162 valence electrons. The van der Waals surface area contributed by atoms with Gasteiger partial charge in [0, 0.05) is 0 Å². The van der Waals surface area contributed by atoms with Crippen LogP contribution in [0, 0.1) is 19.7 Å². The van der Waals surface area contributed by atoms with Crippen LogP contribution in [0.5, 0.6) is 0 Å². The predicted octanol–water partition coefficient (Wildman–Crippen LogP) is 4.37. The van der Waals surface area contributed by atoms with E-state index in [1.165, 1.54) is 31.4 Å². The largest absolute Gasteiger partial charge is 0.469 e. The molecule has 0 saturated carbocycles. The number of benzene rings is 2. The number of carbonyl (C=O) groups is 2. The number of nitrogens with one attached hydrogen (secondary N) is 1. The number of rotatable bonds is 7. The van der Waals surface area contributed by atoms with Crippen LogP contribution >= 0.6 is 11.6 Å². The lowest BCUT2D eigenvalue weighted by Crippen LogP contribution is -2.31. The molecule has 0 saturated heterocycles. The van der Waals surface area contributed by atoms with Gasteiger partial charge in [-0.2, -0.15) is 5.10 Å². The summed E-state index contributed by atoms with van der Waals surface area (Å²) < 4.78 is 19.6. The molecular formula is C23H23ClFN3O3. The summed E-state index contributed by atoms with van der Waals surface area (Å²) in [5.41, 5.74) is 3.40. The molecule has 8 heteroatoms. The molecule has 31 heavy (non-hydrogen) atoms. The maximum Gasteiger partial charge on any atom is 0.307 e. The first-order valence-corrected chi connectivity index (χ1v) is 10.1. The Morgan fingerprint density at radius 2 is 1.77 bits per heavy atom. The molecule has 1 N–H and O–H groups in total. The van der Waals surface area contributed by atoms with Gasteiger partial charge in [0.05, 0.1) is 37.4 Å². The number of hydrogen-bond acceptors (Lipinski definition) is 4. The van der Waals surface area contributed by atoms with Crippen LogP contribution in [0.2, 0.25) is 5.15 Å². The highest BCUT2D eigenvalue weighted by Crippen LogP contribution is 2.24. The number of aromatic nitrogens is 2. The van der Waals surface area contributed by atoms with E-state index >= 15 is 0 Å². The lowest BCUT2D eigenvalue weighted by Gasteiger charge is -2.18. The van der Waals surface area contributed by atoms with E-state index < -0.39 is 23.7 Å². The molecule has 0 aliphatic heterocycles. The number of aryl methyl sites for hydroxylation is 2. The van der Waals surface area contributed by atoms with Gasteiger partial charge in [-0.15, -0.1) is 0 Å². The number of halogens is 2. The van der Waals surface area contributed by atoms with Gasteiger partial charge in [-0.25, -0.2) is 9.07 Å². The SMILES string of the molecule is COC(=O)C[C@@H](NC(=O)c1c(C)nn(Cc2ccc(C)cc2)c1Cl)c1ccc(F)cc1. The quantitative estimate of drug-likeness (QED) is 0.550. The maximum absolute atomic E-state index is 13.3. The van der Waals surface area contributed by atoms with E-state index in [0.717, 1.165) is 11.1 Å². The van der Waals surface area contributed by atoms with E-state index in [-0.39, 0.29) is 17.1 Å².